The summed E-state index contributed by atoms with van der Waals surface area (Å²) in [5, 5.41) is 4.14. The summed E-state index contributed by atoms with van der Waals surface area (Å²) in [5.41, 5.74) is 1.83. The Hall–Kier alpha value is -2.64. The van der Waals surface area contributed by atoms with Crippen LogP contribution in [0.15, 0.2) is 18.5 Å². The van der Waals surface area contributed by atoms with Gasteiger partial charge in [-0.25, -0.2) is 19.1 Å². The summed E-state index contributed by atoms with van der Waals surface area (Å²) in [5.74, 6) is 0.130. The van der Waals surface area contributed by atoms with E-state index in [1.54, 1.807) is 27.9 Å². The van der Waals surface area contributed by atoms with Crippen LogP contribution in [0.2, 0.25) is 0 Å². The molecule has 1 saturated heterocycles. The molecule has 0 aliphatic carbocycles. The Bertz CT molecular complexity index is 809. The number of hydrogen-bond acceptors (Lipinski definition) is 6. The third kappa shape index (κ3) is 4.75. The molecule has 8 heteroatoms. The van der Waals surface area contributed by atoms with Gasteiger partial charge < -0.3 is 14.4 Å². The summed E-state index contributed by atoms with van der Waals surface area (Å²) < 4.78 is 12.3. The molecular formula is C19H26N4O4. The van der Waals surface area contributed by atoms with Gasteiger partial charge in [0.05, 0.1) is 19.4 Å². The van der Waals surface area contributed by atoms with Crippen LogP contribution in [0.3, 0.4) is 0 Å². The van der Waals surface area contributed by atoms with Gasteiger partial charge in [-0.15, -0.1) is 0 Å². The summed E-state index contributed by atoms with van der Waals surface area (Å²) in [7, 11) is 0. The van der Waals surface area contributed by atoms with Crippen molar-refractivity contribution in [1.29, 1.82) is 0 Å². The fourth-order valence-corrected chi connectivity index (χ4v) is 2.98. The fourth-order valence-electron chi connectivity index (χ4n) is 2.98. The third-order valence-electron chi connectivity index (χ3n) is 4.62. The highest BCUT2D eigenvalue weighted by Gasteiger charge is 2.25. The summed E-state index contributed by atoms with van der Waals surface area (Å²) in [6.07, 6.45) is 4.73. The van der Waals surface area contributed by atoms with Crippen molar-refractivity contribution in [3.8, 4) is 0 Å². The normalized spacial score (nSPS) is 15.3. The molecular weight excluding hydrogens is 348 g/mol. The second kappa shape index (κ2) is 8.37. The molecule has 27 heavy (non-hydrogen) atoms. The highest BCUT2D eigenvalue weighted by Crippen LogP contribution is 2.19. The molecule has 1 amide bonds. The number of amides is 1. The van der Waals surface area contributed by atoms with Crippen molar-refractivity contribution < 1.29 is 19.1 Å². The van der Waals surface area contributed by atoms with E-state index in [4.69, 9.17) is 9.47 Å². The Labute approximate surface area is 158 Å². The second-order valence-corrected chi connectivity index (χ2v) is 7.41. The minimum atomic E-state index is -0.433. The molecule has 0 unspecified atom stereocenters. The van der Waals surface area contributed by atoms with Crippen LogP contribution < -0.4 is 0 Å². The van der Waals surface area contributed by atoms with Crippen molar-refractivity contribution >= 4 is 17.7 Å². The average Bonchev–Trinajstić information content (AvgIpc) is 3.05. The van der Waals surface area contributed by atoms with Crippen LogP contribution in [0.5, 0.6) is 0 Å². The number of fused-ring (bicyclic) bond motifs is 1. The number of hydrogen-bond donors (Lipinski definition) is 0. The molecule has 0 atom stereocenters. The highest BCUT2D eigenvalue weighted by molar-refractivity contribution is 5.87. The molecule has 1 aliphatic heterocycles. The number of esters is 1. The van der Waals surface area contributed by atoms with Crippen molar-refractivity contribution in [3.63, 3.8) is 0 Å². The third-order valence-corrected chi connectivity index (χ3v) is 4.62. The summed E-state index contributed by atoms with van der Waals surface area (Å²) in [4.78, 5) is 30.3. The van der Waals surface area contributed by atoms with Gasteiger partial charge in [-0.3, -0.25) is 0 Å². The number of ether oxygens (including phenoxy) is 2. The summed E-state index contributed by atoms with van der Waals surface area (Å²) in [6, 6.07) is 1.61. The Kier molecular flexibility index (Phi) is 5.93. The lowest BCUT2D eigenvalue weighted by atomic mass is 9.98. The molecule has 0 N–H and O–H groups in total. The minimum absolute atomic E-state index is 0.239. The SMILES string of the molecule is Cc1cnn2ccc(C(=O)OCC3CCN(C(=O)OCC(C)C)CC3)nc12. The predicted octanol–water partition coefficient (Wildman–Crippen LogP) is 2.70. The van der Waals surface area contributed by atoms with E-state index in [1.165, 1.54) is 0 Å². The van der Waals surface area contributed by atoms with Gasteiger partial charge in [-0.05, 0) is 37.7 Å². The van der Waals surface area contributed by atoms with Crippen LogP contribution in [0.4, 0.5) is 4.79 Å². The first kappa shape index (κ1) is 19.1. The number of carbonyl (C=O) groups is 2. The van der Waals surface area contributed by atoms with Crippen LogP contribution in [-0.4, -0.2) is 57.9 Å². The number of rotatable bonds is 5. The number of nitrogens with zero attached hydrogens (tertiary/aromatic N) is 4. The van der Waals surface area contributed by atoms with E-state index in [0.29, 0.717) is 37.9 Å². The van der Waals surface area contributed by atoms with E-state index >= 15 is 0 Å². The number of piperidine rings is 1. The van der Waals surface area contributed by atoms with Gasteiger partial charge >= 0.3 is 12.1 Å². The molecule has 0 radical (unpaired) electrons. The monoisotopic (exact) mass is 374 g/mol. The summed E-state index contributed by atoms with van der Waals surface area (Å²) >= 11 is 0. The molecule has 1 aliphatic rings. The maximum absolute atomic E-state index is 12.3. The van der Waals surface area contributed by atoms with Gasteiger partial charge in [-0.1, -0.05) is 13.8 Å². The number of carbonyl (C=O) groups excluding carboxylic acids is 2. The molecule has 1 fully saturated rings. The number of likely N-dealkylation sites (tertiary alicyclic amines) is 1. The molecule has 0 spiro atoms. The van der Waals surface area contributed by atoms with Gasteiger partial charge in [0.1, 0.15) is 0 Å². The molecule has 0 aromatic carbocycles. The van der Waals surface area contributed by atoms with Crippen LogP contribution in [0, 0.1) is 18.8 Å². The maximum atomic E-state index is 12.3. The van der Waals surface area contributed by atoms with Crippen molar-refractivity contribution in [2.75, 3.05) is 26.3 Å². The van der Waals surface area contributed by atoms with E-state index < -0.39 is 5.97 Å². The molecule has 146 valence electrons. The lowest BCUT2D eigenvalue weighted by Gasteiger charge is -2.31. The zero-order valence-electron chi connectivity index (χ0n) is 16.1. The molecule has 2 aromatic heterocycles. The van der Waals surface area contributed by atoms with Crippen LogP contribution in [-0.2, 0) is 9.47 Å². The largest absolute Gasteiger partial charge is 0.461 e. The number of aryl methyl sites for hydroxylation is 1. The molecule has 3 rings (SSSR count). The first-order valence-corrected chi connectivity index (χ1v) is 9.34. The Morgan fingerprint density at radius 1 is 1.26 bits per heavy atom. The van der Waals surface area contributed by atoms with Gasteiger partial charge in [0.2, 0.25) is 0 Å². The standard InChI is InChI=1S/C19H26N4O4/c1-13(2)11-27-19(25)22-7-4-15(5-8-22)12-26-18(24)16-6-9-23-17(21-16)14(3)10-20-23/h6,9-10,13,15H,4-5,7-8,11-12H2,1-3H3. The van der Waals surface area contributed by atoms with E-state index in [0.717, 1.165) is 18.4 Å². The minimum Gasteiger partial charge on any atom is -0.461 e. The van der Waals surface area contributed by atoms with Crippen molar-refractivity contribution in [2.24, 2.45) is 11.8 Å². The van der Waals surface area contributed by atoms with Crippen molar-refractivity contribution in [3.05, 3.63) is 29.7 Å². The van der Waals surface area contributed by atoms with E-state index in [1.807, 2.05) is 20.8 Å². The van der Waals surface area contributed by atoms with Gasteiger partial charge in [-0.2, -0.15) is 5.10 Å². The van der Waals surface area contributed by atoms with E-state index in [-0.39, 0.29) is 17.7 Å². The second-order valence-electron chi connectivity index (χ2n) is 7.41. The maximum Gasteiger partial charge on any atom is 0.409 e. The van der Waals surface area contributed by atoms with Gasteiger partial charge in [0, 0.05) is 24.8 Å². The zero-order valence-corrected chi connectivity index (χ0v) is 16.1. The summed E-state index contributed by atoms with van der Waals surface area (Å²) in [6.45, 7) is 7.92. The molecule has 8 nitrogen and oxygen atoms in total. The smallest absolute Gasteiger partial charge is 0.409 e. The fraction of sp³-hybridized carbons (Fsp3) is 0.579. The molecule has 0 saturated carbocycles. The lowest BCUT2D eigenvalue weighted by Crippen LogP contribution is -2.40. The number of aromatic nitrogens is 3. The van der Waals surface area contributed by atoms with Crippen LogP contribution in [0.25, 0.3) is 5.65 Å². The van der Waals surface area contributed by atoms with Gasteiger partial charge in [0.25, 0.3) is 0 Å². The van der Waals surface area contributed by atoms with E-state index in [2.05, 4.69) is 10.1 Å². The highest BCUT2D eigenvalue weighted by atomic mass is 16.6. The molecule has 2 aromatic rings. The van der Waals surface area contributed by atoms with Crippen molar-refractivity contribution in [2.45, 2.75) is 33.6 Å². The lowest BCUT2D eigenvalue weighted by molar-refractivity contribution is 0.0340. The van der Waals surface area contributed by atoms with Crippen molar-refractivity contribution in [1.82, 2.24) is 19.5 Å². The topological polar surface area (TPSA) is 86.0 Å². The Morgan fingerprint density at radius 2 is 2.00 bits per heavy atom. The zero-order chi connectivity index (χ0) is 19.4. The first-order valence-electron chi connectivity index (χ1n) is 9.34. The first-order chi connectivity index (χ1) is 12.9. The average molecular weight is 374 g/mol. The van der Waals surface area contributed by atoms with Gasteiger partial charge in [0.15, 0.2) is 11.3 Å². The predicted molar refractivity (Wildman–Crippen MR) is 98.5 cm³/mol. The van der Waals surface area contributed by atoms with Crippen LogP contribution >= 0.6 is 0 Å². The Balaban J connectivity index is 1.46. The molecule has 3 heterocycles. The molecule has 0 bridgehead atoms. The Morgan fingerprint density at radius 3 is 2.70 bits per heavy atom. The van der Waals surface area contributed by atoms with Crippen LogP contribution in [0.1, 0.15) is 42.7 Å². The quantitative estimate of drug-likeness (QED) is 0.748. The van der Waals surface area contributed by atoms with E-state index in [9.17, 15) is 9.59 Å².